The highest BCUT2D eigenvalue weighted by molar-refractivity contribution is 5.85. The van der Waals surface area contributed by atoms with Crippen LogP contribution in [0.5, 0.6) is 5.75 Å². The van der Waals surface area contributed by atoms with Gasteiger partial charge in [0.1, 0.15) is 12.4 Å². The molecule has 1 aliphatic carbocycles. The molecular weight excluding hydrogens is 388 g/mol. The van der Waals surface area contributed by atoms with Crippen molar-refractivity contribution in [3.63, 3.8) is 0 Å². The normalized spacial score (nSPS) is 14.2. The van der Waals surface area contributed by atoms with E-state index < -0.39 is 11.6 Å². The fourth-order valence-corrected chi connectivity index (χ4v) is 4.10. The SMILES string of the molecule is Cl.NC(=O)OCC(N)(CC1c2ccccc2-c2ccccc21)c1ccc(O)cc1. The van der Waals surface area contributed by atoms with E-state index in [1.807, 2.05) is 24.3 Å². The molecule has 3 aromatic carbocycles. The van der Waals surface area contributed by atoms with Crippen LogP contribution in [0.2, 0.25) is 0 Å². The number of nitrogens with two attached hydrogens (primary N) is 2. The maximum Gasteiger partial charge on any atom is 0.404 e. The predicted octanol–water partition coefficient (Wildman–Crippen LogP) is 4.27. The van der Waals surface area contributed by atoms with Crippen molar-refractivity contribution in [2.45, 2.75) is 17.9 Å². The molecule has 5 N–H and O–H groups in total. The first-order valence-electron chi connectivity index (χ1n) is 9.17. The first kappa shape index (κ1) is 20.7. The monoisotopic (exact) mass is 410 g/mol. The molecule has 4 rings (SSSR count). The highest BCUT2D eigenvalue weighted by Crippen LogP contribution is 2.48. The molecule has 0 heterocycles. The van der Waals surface area contributed by atoms with E-state index >= 15 is 0 Å². The van der Waals surface area contributed by atoms with Crippen molar-refractivity contribution in [3.8, 4) is 16.9 Å². The number of phenols is 1. The molecule has 1 amide bonds. The third-order valence-corrected chi connectivity index (χ3v) is 5.45. The van der Waals surface area contributed by atoms with E-state index in [0.717, 1.165) is 5.56 Å². The molecule has 0 aliphatic heterocycles. The Labute approximate surface area is 175 Å². The Bertz CT molecular complexity index is 977. The lowest BCUT2D eigenvalue weighted by Gasteiger charge is -2.32. The van der Waals surface area contributed by atoms with Crippen molar-refractivity contribution in [3.05, 3.63) is 89.5 Å². The molecule has 0 saturated carbocycles. The number of carbonyl (C=O) groups is 1. The Kier molecular flexibility index (Phi) is 5.82. The smallest absolute Gasteiger partial charge is 0.404 e. The Morgan fingerprint density at radius 3 is 1.97 bits per heavy atom. The van der Waals surface area contributed by atoms with E-state index in [1.165, 1.54) is 22.3 Å². The van der Waals surface area contributed by atoms with Crippen LogP contribution in [0.3, 0.4) is 0 Å². The molecule has 1 aliphatic rings. The number of hydrogen-bond donors (Lipinski definition) is 3. The zero-order valence-electron chi connectivity index (χ0n) is 15.7. The number of amides is 1. The molecule has 0 spiro atoms. The van der Waals surface area contributed by atoms with Gasteiger partial charge in [0.05, 0.1) is 5.54 Å². The van der Waals surface area contributed by atoms with E-state index in [0.29, 0.717) is 6.42 Å². The third-order valence-electron chi connectivity index (χ3n) is 5.45. The van der Waals surface area contributed by atoms with Gasteiger partial charge in [-0.3, -0.25) is 0 Å². The van der Waals surface area contributed by atoms with Crippen LogP contribution >= 0.6 is 12.4 Å². The number of halogens is 1. The number of benzene rings is 3. The summed E-state index contributed by atoms with van der Waals surface area (Å²) in [6, 6.07) is 23.3. The van der Waals surface area contributed by atoms with Gasteiger partial charge >= 0.3 is 6.09 Å². The average molecular weight is 411 g/mol. The Morgan fingerprint density at radius 1 is 0.931 bits per heavy atom. The fourth-order valence-electron chi connectivity index (χ4n) is 4.10. The van der Waals surface area contributed by atoms with Crippen LogP contribution in [-0.4, -0.2) is 17.8 Å². The Balaban J connectivity index is 0.00000240. The highest BCUT2D eigenvalue weighted by Gasteiger charge is 2.37. The average Bonchev–Trinajstić information content (AvgIpc) is 3.01. The van der Waals surface area contributed by atoms with E-state index in [-0.39, 0.29) is 30.7 Å². The number of phenolic OH excluding ortho intramolecular Hbond substituents is 1. The predicted molar refractivity (Wildman–Crippen MR) is 115 cm³/mol. The van der Waals surface area contributed by atoms with Gasteiger partial charge < -0.3 is 21.3 Å². The molecule has 0 radical (unpaired) electrons. The van der Waals surface area contributed by atoms with Crippen LogP contribution in [0, 0.1) is 0 Å². The number of hydrogen-bond acceptors (Lipinski definition) is 4. The van der Waals surface area contributed by atoms with Crippen molar-refractivity contribution < 1.29 is 14.6 Å². The van der Waals surface area contributed by atoms with Crippen molar-refractivity contribution in [1.29, 1.82) is 0 Å². The van der Waals surface area contributed by atoms with Gasteiger partial charge in [-0.2, -0.15) is 0 Å². The number of primary amides is 1. The molecule has 0 bridgehead atoms. The second-order valence-electron chi connectivity index (χ2n) is 7.24. The first-order valence-corrected chi connectivity index (χ1v) is 9.17. The molecule has 0 fully saturated rings. The summed E-state index contributed by atoms with van der Waals surface area (Å²) in [5.41, 5.74) is 16.6. The van der Waals surface area contributed by atoms with E-state index in [2.05, 4.69) is 24.3 Å². The molecule has 3 aromatic rings. The number of aromatic hydroxyl groups is 1. The summed E-state index contributed by atoms with van der Waals surface area (Å²) in [5.74, 6) is 0.209. The number of ether oxygens (including phenoxy) is 1. The van der Waals surface area contributed by atoms with Gasteiger partial charge in [0.2, 0.25) is 0 Å². The van der Waals surface area contributed by atoms with Crippen molar-refractivity contribution in [2.75, 3.05) is 6.61 Å². The maximum absolute atomic E-state index is 11.3. The largest absolute Gasteiger partial charge is 0.508 e. The quantitative estimate of drug-likeness (QED) is 0.585. The Morgan fingerprint density at radius 2 is 1.45 bits per heavy atom. The maximum atomic E-state index is 11.3. The number of fused-ring (bicyclic) bond motifs is 3. The molecule has 150 valence electrons. The number of carbonyl (C=O) groups excluding carboxylic acids is 1. The van der Waals surface area contributed by atoms with E-state index in [4.69, 9.17) is 16.2 Å². The van der Waals surface area contributed by atoms with Crippen LogP contribution in [0.1, 0.15) is 29.0 Å². The summed E-state index contributed by atoms with van der Waals surface area (Å²) < 4.78 is 5.13. The molecule has 0 aromatic heterocycles. The minimum absolute atomic E-state index is 0. The lowest BCUT2D eigenvalue weighted by molar-refractivity contribution is 0.119. The van der Waals surface area contributed by atoms with Crippen LogP contribution in [0.4, 0.5) is 4.79 Å². The van der Waals surface area contributed by atoms with Crippen molar-refractivity contribution in [2.24, 2.45) is 11.5 Å². The van der Waals surface area contributed by atoms with Gasteiger partial charge in [-0.05, 0) is 46.4 Å². The summed E-state index contributed by atoms with van der Waals surface area (Å²) in [6.07, 6.45) is -0.333. The van der Waals surface area contributed by atoms with Crippen LogP contribution in [-0.2, 0) is 10.3 Å². The van der Waals surface area contributed by atoms with Crippen molar-refractivity contribution in [1.82, 2.24) is 0 Å². The van der Waals surface area contributed by atoms with Crippen molar-refractivity contribution >= 4 is 18.5 Å². The summed E-state index contributed by atoms with van der Waals surface area (Å²) >= 11 is 0. The van der Waals surface area contributed by atoms with Crippen LogP contribution < -0.4 is 11.5 Å². The topological polar surface area (TPSA) is 98.6 Å². The van der Waals surface area contributed by atoms with Gasteiger partial charge in [0, 0.05) is 5.92 Å². The summed E-state index contributed by atoms with van der Waals surface area (Å²) in [6.45, 7) is -0.0477. The molecule has 6 heteroatoms. The molecule has 0 saturated heterocycles. The zero-order valence-corrected chi connectivity index (χ0v) is 16.6. The highest BCUT2D eigenvalue weighted by atomic mass is 35.5. The summed E-state index contributed by atoms with van der Waals surface area (Å²) in [4.78, 5) is 11.3. The number of rotatable bonds is 5. The summed E-state index contributed by atoms with van der Waals surface area (Å²) in [7, 11) is 0. The summed E-state index contributed by atoms with van der Waals surface area (Å²) in [5, 5.41) is 9.64. The van der Waals surface area contributed by atoms with E-state index in [1.54, 1.807) is 24.3 Å². The fraction of sp³-hybridized carbons (Fsp3) is 0.174. The first-order chi connectivity index (χ1) is 13.5. The minimum Gasteiger partial charge on any atom is -0.508 e. The standard InChI is InChI=1S/C23H22N2O3.ClH/c24-22(27)28-14-23(25,15-9-11-16(26)12-10-15)13-21-19-7-3-1-5-17(19)18-6-2-4-8-20(18)21;/h1-12,21,26H,13-14,25H2,(H2,24,27);1H. The third kappa shape index (κ3) is 3.92. The zero-order chi connectivity index (χ0) is 19.7. The molecule has 5 nitrogen and oxygen atoms in total. The molecular formula is C23H23ClN2O3. The molecule has 1 atom stereocenters. The van der Waals surface area contributed by atoms with E-state index in [9.17, 15) is 9.90 Å². The molecule has 29 heavy (non-hydrogen) atoms. The van der Waals surface area contributed by atoms with Crippen LogP contribution in [0.15, 0.2) is 72.8 Å². The lowest BCUT2D eigenvalue weighted by atomic mass is 9.79. The Hall–Kier alpha value is -3.02. The lowest BCUT2D eigenvalue weighted by Crippen LogP contribution is -2.44. The second-order valence-corrected chi connectivity index (χ2v) is 7.24. The van der Waals surface area contributed by atoms with Gasteiger partial charge in [-0.25, -0.2) is 4.79 Å². The van der Waals surface area contributed by atoms with Gasteiger partial charge in [0.25, 0.3) is 0 Å². The van der Waals surface area contributed by atoms with Gasteiger partial charge in [0.15, 0.2) is 0 Å². The molecule has 1 unspecified atom stereocenters. The minimum atomic E-state index is -0.960. The second kappa shape index (κ2) is 8.15. The van der Waals surface area contributed by atoms with Gasteiger partial charge in [-0.15, -0.1) is 12.4 Å². The van der Waals surface area contributed by atoms with Gasteiger partial charge in [-0.1, -0.05) is 60.7 Å². The van der Waals surface area contributed by atoms with Crippen LogP contribution in [0.25, 0.3) is 11.1 Å².